The molecule has 2 atom stereocenters. The minimum atomic E-state index is -4.02. The molecule has 0 unspecified atom stereocenters. The highest BCUT2D eigenvalue weighted by atomic mass is 32.2. The van der Waals surface area contributed by atoms with Crippen molar-refractivity contribution in [3.63, 3.8) is 0 Å². The fourth-order valence-corrected chi connectivity index (χ4v) is 2.05. The van der Waals surface area contributed by atoms with Crippen LogP contribution in [0.4, 0.5) is 0 Å². The highest BCUT2D eigenvalue weighted by Crippen LogP contribution is 2.13. The monoisotopic (exact) mass is 208 g/mol. The van der Waals surface area contributed by atoms with E-state index in [0.29, 0.717) is 0 Å². The van der Waals surface area contributed by atoms with Crippen LogP contribution < -0.4 is 10.6 Å². The van der Waals surface area contributed by atoms with E-state index in [1.54, 1.807) is 0 Å². The van der Waals surface area contributed by atoms with Gasteiger partial charge in [0.1, 0.15) is 5.25 Å². The van der Waals surface area contributed by atoms with E-state index in [0.717, 1.165) is 0 Å². The Morgan fingerprint density at radius 1 is 1.62 bits per heavy atom. The van der Waals surface area contributed by atoms with Gasteiger partial charge in [-0.2, -0.15) is 8.42 Å². The predicted molar refractivity (Wildman–Crippen MR) is 45.8 cm³/mol. The smallest absolute Gasteiger partial charge is 0.269 e. The zero-order chi connectivity index (χ0) is 10.1. The average Bonchev–Trinajstić information content (AvgIpc) is 2.50. The van der Waals surface area contributed by atoms with Crippen LogP contribution in [0.3, 0.4) is 0 Å². The van der Waals surface area contributed by atoms with Crippen molar-refractivity contribution in [3.8, 4) is 0 Å². The van der Waals surface area contributed by atoms with Gasteiger partial charge in [-0.15, -0.1) is 0 Å². The van der Waals surface area contributed by atoms with Gasteiger partial charge in [-0.25, -0.2) is 0 Å². The standard InChI is InChI=1S/C6H12N2O4S/c1-7-6(9)5-2-4(3-8-5)13(10,11)12/h4-5,8H,2-3H2,1H3,(H,7,9)(H,10,11,12)/t4-,5-/m0/s1. The van der Waals surface area contributed by atoms with E-state index in [-0.39, 0.29) is 18.9 Å². The first-order chi connectivity index (χ1) is 5.95. The molecule has 0 aliphatic carbocycles. The van der Waals surface area contributed by atoms with E-state index >= 15 is 0 Å². The molecule has 0 spiro atoms. The molecule has 1 fully saturated rings. The Balaban J connectivity index is 2.60. The highest BCUT2D eigenvalue weighted by Gasteiger charge is 2.35. The minimum absolute atomic E-state index is 0.122. The Hall–Kier alpha value is -0.660. The van der Waals surface area contributed by atoms with E-state index in [1.807, 2.05) is 0 Å². The molecule has 1 saturated heterocycles. The third kappa shape index (κ3) is 2.39. The first-order valence-corrected chi connectivity index (χ1v) is 5.36. The van der Waals surface area contributed by atoms with Gasteiger partial charge in [0, 0.05) is 13.6 Å². The minimum Gasteiger partial charge on any atom is -0.358 e. The highest BCUT2D eigenvalue weighted by molar-refractivity contribution is 7.86. The Bertz CT molecular complexity index is 300. The fraction of sp³-hybridized carbons (Fsp3) is 0.833. The van der Waals surface area contributed by atoms with E-state index in [4.69, 9.17) is 4.55 Å². The molecular weight excluding hydrogens is 196 g/mol. The lowest BCUT2D eigenvalue weighted by atomic mass is 10.2. The van der Waals surface area contributed by atoms with Gasteiger partial charge in [-0.1, -0.05) is 0 Å². The molecule has 1 amide bonds. The summed E-state index contributed by atoms with van der Waals surface area (Å²) in [5.74, 6) is -0.258. The van der Waals surface area contributed by atoms with Gasteiger partial charge in [0.25, 0.3) is 10.1 Å². The third-order valence-electron chi connectivity index (χ3n) is 2.07. The van der Waals surface area contributed by atoms with Gasteiger partial charge in [0.05, 0.1) is 6.04 Å². The lowest BCUT2D eigenvalue weighted by Crippen LogP contribution is -2.38. The maximum Gasteiger partial charge on any atom is 0.269 e. The second kappa shape index (κ2) is 3.60. The Morgan fingerprint density at radius 3 is 2.62 bits per heavy atom. The topological polar surface area (TPSA) is 95.5 Å². The lowest BCUT2D eigenvalue weighted by Gasteiger charge is -2.06. The van der Waals surface area contributed by atoms with Gasteiger partial charge in [-0.05, 0) is 6.42 Å². The van der Waals surface area contributed by atoms with Gasteiger partial charge in [0.15, 0.2) is 0 Å². The molecule has 1 heterocycles. The zero-order valence-electron chi connectivity index (χ0n) is 7.15. The zero-order valence-corrected chi connectivity index (χ0v) is 7.97. The molecule has 76 valence electrons. The fourth-order valence-electron chi connectivity index (χ4n) is 1.30. The van der Waals surface area contributed by atoms with E-state index < -0.39 is 21.4 Å². The number of hydrogen-bond donors (Lipinski definition) is 3. The molecule has 0 saturated carbocycles. The molecule has 13 heavy (non-hydrogen) atoms. The van der Waals surface area contributed by atoms with Gasteiger partial charge < -0.3 is 10.6 Å². The largest absolute Gasteiger partial charge is 0.358 e. The number of carbonyl (C=O) groups excluding carboxylic acids is 1. The Kier molecular flexibility index (Phi) is 2.89. The van der Waals surface area contributed by atoms with Crippen molar-refractivity contribution in [2.75, 3.05) is 13.6 Å². The summed E-state index contributed by atoms with van der Waals surface area (Å²) >= 11 is 0. The van der Waals surface area contributed by atoms with Crippen LogP contribution in [-0.2, 0) is 14.9 Å². The van der Waals surface area contributed by atoms with Crippen molar-refractivity contribution in [1.29, 1.82) is 0 Å². The summed E-state index contributed by atoms with van der Waals surface area (Å²) in [6.45, 7) is 0.122. The quantitative estimate of drug-likeness (QED) is 0.473. The number of nitrogens with one attached hydrogen (secondary N) is 2. The first kappa shape index (κ1) is 10.4. The van der Waals surface area contributed by atoms with Crippen molar-refractivity contribution in [1.82, 2.24) is 10.6 Å². The lowest BCUT2D eigenvalue weighted by molar-refractivity contribution is -0.122. The Morgan fingerprint density at radius 2 is 2.23 bits per heavy atom. The molecule has 0 bridgehead atoms. The summed E-state index contributed by atoms with van der Waals surface area (Å²) in [7, 11) is -2.54. The molecule has 1 rings (SSSR count). The summed E-state index contributed by atoms with van der Waals surface area (Å²) in [5.41, 5.74) is 0. The van der Waals surface area contributed by atoms with E-state index in [2.05, 4.69) is 10.6 Å². The third-order valence-corrected chi connectivity index (χ3v) is 3.28. The molecule has 0 radical (unpaired) electrons. The van der Waals surface area contributed by atoms with Crippen LogP contribution in [0.5, 0.6) is 0 Å². The van der Waals surface area contributed by atoms with Crippen LogP contribution in [0.2, 0.25) is 0 Å². The van der Waals surface area contributed by atoms with Crippen LogP contribution in [0, 0.1) is 0 Å². The molecule has 1 aliphatic heterocycles. The van der Waals surface area contributed by atoms with Crippen LogP contribution in [-0.4, -0.2) is 43.8 Å². The average molecular weight is 208 g/mol. The molecule has 7 heteroatoms. The van der Waals surface area contributed by atoms with Gasteiger partial charge >= 0.3 is 0 Å². The van der Waals surface area contributed by atoms with Gasteiger partial charge in [-0.3, -0.25) is 9.35 Å². The molecule has 3 N–H and O–H groups in total. The second-order valence-corrected chi connectivity index (χ2v) is 4.64. The molecule has 0 aromatic carbocycles. The van der Waals surface area contributed by atoms with Crippen LogP contribution in [0.25, 0.3) is 0 Å². The van der Waals surface area contributed by atoms with Crippen molar-refractivity contribution in [3.05, 3.63) is 0 Å². The SMILES string of the molecule is CNC(=O)[C@@H]1C[C@H](S(=O)(=O)O)CN1. The summed E-state index contributed by atoms with van der Waals surface area (Å²) in [6.07, 6.45) is 0.124. The summed E-state index contributed by atoms with van der Waals surface area (Å²) < 4.78 is 30.0. The van der Waals surface area contributed by atoms with Crippen LogP contribution >= 0.6 is 0 Å². The normalized spacial score (nSPS) is 28.8. The molecule has 0 aromatic rings. The maximum absolute atomic E-state index is 11.0. The number of carbonyl (C=O) groups is 1. The summed E-state index contributed by atoms with van der Waals surface area (Å²) in [6, 6.07) is -0.517. The van der Waals surface area contributed by atoms with Crippen molar-refractivity contribution in [2.45, 2.75) is 17.7 Å². The van der Waals surface area contributed by atoms with Crippen LogP contribution in [0.1, 0.15) is 6.42 Å². The van der Waals surface area contributed by atoms with Crippen molar-refractivity contribution < 1.29 is 17.8 Å². The summed E-state index contributed by atoms with van der Waals surface area (Å²) in [4.78, 5) is 11.0. The first-order valence-electron chi connectivity index (χ1n) is 3.86. The molecule has 0 aromatic heterocycles. The van der Waals surface area contributed by atoms with Crippen molar-refractivity contribution in [2.24, 2.45) is 0 Å². The van der Waals surface area contributed by atoms with Gasteiger partial charge in [0.2, 0.25) is 5.91 Å². The number of amides is 1. The second-order valence-electron chi connectivity index (χ2n) is 2.95. The Labute approximate surface area is 76.4 Å². The molecular formula is C6H12N2O4S. The number of hydrogen-bond acceptors (Lipinski definition) is 4. The van der Waals surface area contributed by atoms with Crippen LogP contribution in [0.15, 0.2) is 0 Å². The van der Waals surface area contributed by atoms with Crippen molar-refractivity contribution >= 4 is 16.0 Å². The molecule has 1 aliphatic rings. The van der Waals surface area contributed by atoms with E-state index in [9.17, 15) is 13.2 Å². The maximum atomic E-state index is 11.0. The predicted octanol–water partition coefficient (Wildman–Crippen LogP) is -1.65. The summed E-state index contributed by atoms with van der Waals surface area (Å²) in [5, 5.41) is 4.25. The molecule has 6 nitrogen and oxygen atoms in total. The number of rotatable bonds is 2. The van der Waals surface area contributed by atoms with E-state index in [1.165, 1.54) is 7.05 Å². The number of likely N-dealkylation sites (N-methyl/N-ethyl adjacent to an activating group) is 1.